The number of halogens is 1. The molecule has 1 saturated heterocycles. The molecule has 106 valence electrons. The summed E-state index contributed by atoms with van der Waals surface area (Å²) in [5.74, 6) is 0.964. The van der Waals surface area contributed by atoms with Gasteiger partial charge in [0.1, 0.15) is 0 Å². The van der Waals surface area contributed by atoms with Gasteiger partial charge in [-0.2, -0.15) is 0 Å². The molecule has 2 fully saturated rings. The molecule has 0 aromatic heterocycles. The van der Waals surface area contributed by atoms with Crippen molar-refractivity contribution in [2.24, 2.45) is 5.92 Å². The zero-order valence-electron chi connectivity index (χ0n) is 11.5. The molecule has 0 spiro atoms. The lowest BCUT2D eigenvalue weighted by Crippen LogP contribution is -2.53. The Kier molecular flexibility index (Phi) is 6.44. The lowest BCUT2D eigenvalue weighted by molar-refractivity contribution is -0.127. The molecule has 1 saturated carbocycles. The summed E-state index contributed by atoms with van der Waals surface area (Å²) in [6, 6.07) is 0. The third-order valence-electron chi connectivity index (χ3n) is 4.56. The molecule has 2 aliphatic rings. The molecule has 1 aliphatic carbocycles. The molecule has 1 amide bonds. The number of amides is 1. The maximum Gasteiger partial charge on any atom is 0.240 e. The molecular weight excluding hydrogens is 248 g/mol. The van der Waals surface area contributed by atoms with E-state index in [0.717, 1.165) is 38.3 Å². The highest BCUT2D eigenvalue weighted by Crippen LogP contribution is 2.25. The van der Waals surface area contributed by atoms with Gasteiger partial charge in [-0.3, -0.25) is 4.79 Å². The SMILES string of the molecule is CCC1(C(=O)NCC2CCCCC2)CCCN1.Cl. The standard InChI is InChI=1S/C14H26N2O.ClH/c1-2-14(9-6-10-16-14)13(17)15-11-12-7-4-3-5-8-12;/h12,16H,2-11H2,1H3,(H,15,17);1H. The molecule has 1 heterocycles. The third-order valence-corrected chi connectivity index (χ3v) is 4.56. The van der Waals surface area contributed by atoms with Crippen LogP contribution in [0.5, 0.6) is 0 Å². The fraction of sp³-hybridized carbons (Fsp3) is 0.929. The predicted molar refractivity (Wildman–Crippen MR) is 77.1 cm³/mol. The smallest absolute Gasteiger partial charge is 0.240 e. The zero-order valence-corrected chi connectivity index (χ0v) is 12.3. The molecule has 18 heavy (non-hydrogen) atoms. The number of nitrogens with one attached hydrogen (secondary N) is 2. The van der Waals surface area contributed by atoms with Gasteiger partial charge in [-0.25, -0.2) is 0 Å². The van der Waals surface area contributed by atoms with Crippen LogP contribution in [0.3, 0.4) is 0 Å². The summed E-state index contributed by atoms with van der Waals surface area (Å²) in [5.41, 5.74) is -0.255. The molecule has 2 rings (SSSR count). The Morgan fingerprint density at radius 2 is 2.00 bits per heavy atom. The Balaban J connectivity index is 0.00000162. The molecule has 4 heteroatoms. The molecule has 0 radical (unpaired) electrons. The van der Waals surface area contributed by atoms with Crippen LogP contribution < -0.4 is 10.6 Å². The second kappa shape index (κ2) is 7.34. The molecule has 3 nitrogen and oxygen atoms in total. The average molecular weight is 275 g/mol. The van der Waals surface area contributed by atoms with Gasteiger partial charge in [0, 0.05) is 6.54 Å². The van der Waals surface area contributed by atoms with Crippen molar-refractivity contribution >= 4 is 18.3 Å². The molecule has 1 unspecified atom stereocenters. The van der Waals surface area contributed by atoms with Gasteiger partial charge in [0.2, 0.25) is 5.91 Å². The number of hydrogen-bond acceptors (Lipinski definition) is 2. The topological polar surface area (TPSA) is 41.1 Å². The minimum Gasteiger partial charge on any atom is -0.354 e. The van der Waals surface area contributed by atoms with Crippen molar-refractivity contribution in [3.63, 3.8) is 0 Å². The van der Waals surface area contributed by atoms with Crippen LogP contribution >= 0.6 is 12.4 Å². The second-order valence-corrected chi connectivity index (χ2v) is 5.68. The van der Waals surface area contributed by atoms with E-state index in [0.29, 0.717) is 0 Å². The van der Waals surface area contributed by atoms with Crippen molar-refractivity contribution < 1.29 is 4.79 Å². The highest BCUT2D eigenvalue weighted by atomic mass is 35.5. The van der Waals surface area contributed by atoms with Crippen molar-refractivity contribution in [2.45, 2.75) is 63.8 Å². The summed E-state index contributed by atoms with van der Waals surface area (Å²) < 4.78 is 0. The summed E-state index contributed by atoms with van der Waals surface area (Å²) in [7, 11) is 0. The Labute approximate surface area is 117 Å². The first kappa shape index (κ1) is 15.8. The molecular formula is C14H27ClN2O. The Bertz CT molecular complexity index is 259. The molecule has 0 aromatic rings. The number of hydrogen-bond donors (Lipinski definition) is 2. The van der Waals surface area contributed by atoms with Crippen molar-refractivity contribution in [3.05, 3.63) is 0 Å². The van der Waals surface area contributed by atoms with E-state index in [1.165, 1.54) is 32.1 Å². The van der Waals surface area contributed by atoms with E-state index >= 15 is 0 Å². The van der Waals surface area contributed by atoms with Crippen molar-refractivity contribution in [1.82, 2.24) is 10.6 Å². The molecule has 1 atom stereocenters. The van der Waals surface area contributed by atoms with Crippen LogP contribution in [0.1, 0.15) is 58.3 Å². The number of rotatable bonds is 4. The summed E-state index contributed by atoms with van der Waals surface area (Å²) in [6.07, 6.45) is 9.70. The van der Waals surface area contributed by atoms with E-state index < -0.39 is 0 Å². The number of carbonyl (C=O) groups is 1. The van der Waals surface area contributed by atoms with Crippen LogP contribution in [0.2, 0.25) is 0 Å². The monoisotopic (exact) mass is 274 g/mol. The summed E-state index contributed by atoms with van der Waals surface area (Å²) in [4.78, 5) is 12.3. The van der Waals surface area contributed by atoms with E-state index in [1.54, 1.807) is 0 Å². The largest absolute Gasteiger partial charge is 0.354 e. The quantitative estimate of drug-likeness (QED) is 0.828. The van der Waals surface area contributed by atoms with E-state index in [9.17, 15) is 4.79 Å². The maximum atomic E-state index is 12.3. The van der Waals surface area contributed by atoms with Crippen molar-refractivity contribution in [1.29, 1.82) is 0 Å². The van der Waals surface area contributed by atoms with Crippen LogP contribution in [0.15, 0.2) is 0 Å². The van der Waals surface area contributed by atoms with Crippen LogP contribution in [0, 0.1) is 5.92 Å². The zero-order chi connectivity index (χ0) is 12.1. The van der Waals surface area contributed by atoms with Crippen LogP contribution in [0.25, 0.3) is 0 Å². The summed E-state index contributed by atoms with van der Waals surface area (Å²) >= 11 is 0. The van der Waals surface area contributed by atoms with E-state index in [4.69, 9.17) is 0 Å². The van der Waals surface area contributed by atoms with Gasteiger partial charge in [-0.15, -0.1) is 12.4 Å². The Hall–Kier alpha value is -0.280. The summed E-state index contributed by atoms with van der Waals surface area (Å²) in [6.45, 7) is 3.99. The second-order valence-electron chi connectivity index (χ2n) is 5.68. The first-order chi connectivity index (χ1) is 8.27. The molecule has 1 aliphatic heterocycles. The fourth-order valence-corrected chi connectivity index (χ4v) is 3.26. The van der Waals surface area contributed by atoms with Gasteiger partial charge in [0.15, 0.2) is 0 Å². The fourth-order valence-electron chi connectivity index (χ4n) is 3.26. The van der Waals surface area contributed by atoms with Gasteiger partial charge in [-0.1, -0.05) is 26.2 Å². The lowest BCUT2D eigenvalue weighted by Gasteiger charge is -2.29. The highest BCUT2D eigenvalue weighted by Gasteiger charge is 2.38. The lowest BCUT2D eigenvalue weighted by atomic mass is 9.88. The van der Waals surface area contributed by atoms with E-state index in [1.807, 2.05) is 0 Å². The predicted octanol–water partition coefficient (Wildman–Crippen LogP) is 2.64. The Morgan fingerprint density at radius 3 is 2.56 bits per heavy atom. The van der Waals surface area contributed by atoms with Crippen LogP contribution in [0.4, 0.5) is 0 Å². The van der Waals surface area contributed by atoms with Crippen molar-refractivity contribution in [3.8, 4) is 0 Å². The first-order valence-corrected chi connectivity index (χ1v) is 7.30. The van der Waals surface area contributed by atoms with Gasteiger partial charge in [0.05, 0.1) is 5.54 Å². The van der Waals surface area contributed by atoms with Crippen LogP contribution in [-0.2, 0) is 4.79 Å². The minimum absolute atomic E-state index is 0. The highest BCUT2D eigenvalue weighted by molar-refractivity contribution is 5.86. The first-order valence-electron chi connectivity index (χ1n) is 7.30. The average Bonchev–Trinajstić information content (AvgIpc) is 2.87. The number of carbonyl (C=O) groups excluding carboxylic acids is 1. The van der Waals surface area contributed by atoms with Gasteiger partial charge in [-0.05, 0) is 44.6 Å². The Morgan fingerprint density at radius 1 is 1.28 bits per heavy atom. The third kappa shape index (κ3) is 3.61. The normalized spacial score (nSPS) is 28.7. The minimum atomic E-state index is -0.255. The summed E-state index contributed by atoms with van der Waals surface area (Å²) in [5, 5.41) is 6.58. The van der Waals surface area contributed by atoms with E-state index in [2.05, 4.69) is 17.6 Å². The molecule has 2 N–H and O–H groups in total. The van der Waals surface area contributed by atoms with Gasteiger partial charge < -0.3 is 10.6 Å². The van der Waals surface area contributed by atoms with Gasteiger partial charge >= 0.3 is 0 Å². The van der Waals surface area contributed by atoms with E-state index in [-0.39, 0.29) is 23.9 Å². The molecule has 0 aromatic carbocycles. The molecule has 0 bridgehead atoms. The van der Waals surface area contributed by atoms with Crippen molar-refractivity contribution in [2.75, 3.05) is 13.1 Å². The van der Waals surface area contributed by atoms with Crippen LogP contribution in [-0.4, -0.2) is 24.5 Å². The maximum absolute atomic E-state index is 12.3. The van der Waals surface area contributed by atoms with Gasteiger partial charge in [0.25, 0.3) is 0 Å².